The van der Waals surface area contributed by atoms with Gasteiger partial charge < -0.3 is 4.74 Å². The molecule has 12 heavy (non-hydrogen) atoms. The first-order valence-corrected chi connectivity index (χ1v) is 5.20. The lowest BCUT2D eigenvalue weighted by atomic mass is 9.98. The average molecular weight is 168 g/mol. The summed E-state index contributed by atoms with van der Waals surface area (Å²) in [5, 5.41) is 0. The van der Waals surface area contributed by atoms with Gasteiger partial charge in [0, 0.05) is 0 Å². The summed E-state index contributed by atoms with van der Waals surface area (Å²) in [6, 6.07) is 0. The fourth-order valence-corrected chi connectivity index (χ4v) is 1.63. The Bertz CT molecular complexity index is 95.2. The third-order valence-electron chi connectivity index (χ3n) is 2.41. The van der Waals surface area contributed by atoms with Gasteiger partial charge in [-0.15, -0.1) is 0 Å². The van der Waals surface area contributed by atoms with Crippen LogP contribution in [0.15, 0.2) is 0 Å². The van der Waals surface area contributed by atoms with Crippen LogP contribution in [0, 0.1) is 13.5 Å². The summed E-state index contributed by atoms with van der Waals surface area (Å²) >= 11 is 0. The van der Waals surface area contributed by atoms with E-state index in [1.54, 1.807) is 0 Å². The van der Waals surface area contributed by atoms with E-state index in [0.29, 0.717) is 6.10 Å². The Morgan fingerprint density at radius 1 is 1.25 bits per heavy atom. The SMILES string of the molecule is [CH2]CCC[CH]OC1CCCCC1. The molecule has 0 heterocycles. The molecule has 1 nitrogen and oxygen atoms in total. The third-order valence-corrected chi connectivity index (χ3v) is 2.41. The van der Waals surface area contributed by atoms with Crippen LogP contribution in [0.4, 0.5) is 0 Å². The van der Waals surface area contributed by atoms with Crippen LogP contribution in [0.25, 0.3) is 0 Å². The lowest BCUT2D eigenvalue weighted by molar-refractivity contribution is 0.0689. The first kappa shape index (κ1) is 10.0. The van der Waals surface area contributed by atoms with Crippen molar-refractivity contribution >= 4 is 0 Å². The van der Waals surface area contributed by atoms with E-state index in [0.717, 1.165) is 19.3 Å². The summed E-state index contributed by atoms with van der Waals surface area (Å²) in [5.41, 5.74) is 0. The van der Waals surface area contributed by atoms with Gasteiger partial charge in [-0.1, -0.05) is 39.0 Å². The van der Waals surface area contributed by atoms with Crippen LogP contribution in [0.3, 0.4) is 0 Å². The van der Waals surface area contributed by atoms with Crippen molar-refractivity contribution in [1.29, 1.82) is 0 Å². The highest BCUT2D eigenvalue weighted by Gasteiger charge is 2.12. The van der Waals surface area contributed by atoms with Crippen LogP contribution >= 0.6 is 0 Å². The quantitative estimate of drug-likeness (QED) is 0.571. The minimum Gasteiger partial charge on any atom is -0.372 e. The van der Waals surface area contributed by atoms with Crippen molar-refractivity contribution in [2.75, 3.05) is 0 Å². The van der Waals surface area contributed by atoms with Crippen molar-refractivity contribution in [1.82, 2.24) is 0 Å². The second kappa shape index (κ2) is 6.47. The van der Waals surface area contributed by atoms with Gasteiger partial charge in [0.25, 0.3) is 0 Å². The van der Waals surface area contributed by atoms with Crippen molar-refractivity contribution in [3.8, 4) is 0 Å². The lowest BCUT2D eigenvalue weighted by Crippen LogP contribution is -2.15. The average Bonchev–Trinajstić information content (AvgIpc) is 2.14. The van der Waals surface area contributed by atoms with Crippen LogP contribution in [-0.4, -0.2) is 6.10 Å². The zero-order chi connectivity index (χ0) is 8.65. The van der Waals surface area contributed by atoms with Gasteiger partial charge in [-0.2, -0.15) is 0 Å². The van der Waals surface area contributed by atoms with Gasteiger partial charge in [0.2, 0.25) is 0 Å². The molecule has 0 aromatic rings. The summed E-state index contributed by atoms with van der Waals surface area (Å²) in [4.78, 5) is 0. The van der Waals surface area contributed by atoms with Gasteiger partial charge in [0.05, 0.1) is 12.7 Å². The number of hydrogen-bond acceptors (Lipinski definition) is 1. The molecule has 1 heteroatoms. The summed E-state index contributed by atoms with van der Waals surface area (Å²) < 4.78 is 5.63. The van der Waals surface area contributed by atoms with Crippen LogP contribution in [0.5, 0.6) is 0 Å². The minimum absolute atomic E-state index is 0.531. The van der Waals surface area contributed by atoms with Crippen LogP contribution in [0.1, 0.15) is 51.4 Å². The predicted molar refractivity (Wildman–Crippen MR) is 51.5 cm³/mol. The number of hydrogen-bond donors (Lipinski definition) is 0. The highest BCUT2D eigenvalue weighted by Crippen LogP contribution is 2.21. The molecule has 1 saturated carbocycles. The molecule has 0 N–H and O–H groups in total. The zero-order valence-electron chi connectivity index (χ0n) is 7.93. The third kappa shape index (κ3) is 4.10. The zero-order valence-corrected chi connectivity index (χ0v) is 7.93. The van der Waals surface area contributed by atoms with E-state index in [2.05, 4.69) is 6.92 Å². The molecule has 0 aromatic heterocycles. The minimum atomic E-state index is 0.531. The Labute approximate surface area is 76.5 Å². The fourth-order valence-electron chi connectivity index (χ4n) is 1.63. The van der Waals surface area contributed by atoms with E-state index in [1.807, 2.05) is 6.61 Å². The highest BCUT2D eigenvalue weighted by molar-refractivity contribution is 4.67. The van der Waals surface area contributed by atoms with E-state index in [1.165, 1.54) is 32.1 Å². The molecule has 0 saturated heterocycles. The van der Waals surface area contributed by atoms with Crippen molar-refractivity contribution in [2.45, 2.75) is 57.5 Å². The van der Waals surface area contributed by atoms with E-state index in [4.69, 9.17) is 4.74 Å². The van der Waals surface area contributed by atoms with Gasteiger partial charge in [-0.3, -0.25) is 0 Å². The maximum Gasteiger partial charge on any atom is 0.0840 e. The van der Waals surface area contributed by atoms with Crippen LogP contribution < -0.4 is 0 Å². The van der Waals surface area contributed by atoms with E-state index in [9.17, 15) is 0 Å². The standard InChI is InChI=1S/C11H20O/c1-2-3-7-10-12-11-8-5-4-6-9-11/h10-11H,1-9H2. The molecule has 0 aliphatic heterocycles. The van der Waals surface area contributed by atoms with Crippen molar-refractivity contribution < 1.29 is 4.74 Å². The fraction of sp³-hybridized carbons (Fsp3) is 0.818. The molecule has 1 aliphatic rings. The van der Waals surface area contributed by atoms with Crippen molar-refractivity contribution in [2.24, 2.45) is 0 Å². The number of rotatable bonds is 5. The topological polar surface area (TPSA) is 9.23 Å². The Hall–Kier alpha value is -0.0400. The molecule has 2 radical (unpaired) electrons. The van der Waals surface area contributed by atoms with E-state index < -0.39 is 0 Å². The summed E-state index contributed by atoms with van der Waals surface area (Å²) in [7, 11) is 0. The maximum atomic E-state index is 5.63. The molecule has 1 aliphatic carbocycles. The van der Waals surface area contributed by atoms with Gasteiger partial charge >= 0.3 is 0 Å². The van der Waals surface area contributed by atoms with Crippen LogP contribution in [-0.2, 0) is 4.74 Å². The Morgan fingerprint density at radius 3 is 2.67 bits per heavy atom. The molecular formula is C11H20O. The number of ether oxygens (including phenoxy) is 1. The first-order chi connectivity index (χ1) is 5.93. The predicted octanol–water partition coefficient (Wildman–Crippen LogP) is 3.50. The molecular weight excluding hydrogens is 148 g/mol. The van der Waals surface area contributed by atoms with E-state index >= 15 is 0 Å². The van der Waals surface area contributed by atoms with Crippen molar-refractivity contribution in [3.05, 3.63) is 13.5 Å². The molecule has 0 spiro atoms. The molecule has 0 aromatic carbocycles. The molecule has 0 amide bonds. The Kier molecular flexibility index (Phi) is 5.42. The maximum absolute atomic E-state index is 5.63. The molecule has 0 unspecified atom stereocenters. The molecule has 1 rings (SSSR count). The molecule has 1 fully saturated rings. The smallest absolute Gasteiger partial charge is 0.0840 e. The van der Waals surface area contributed by atoms with Gasteiger partial charge in [-0.05, 0) is 19.3 Å². The summed E-state index contributed by atoms with van der Waals surface area (Å²) in [6.45, 7) is 5.78. The molecule has 0 atom stereocenters. The van der Waals surface area contributed by atoms with Gasteiger partial charge in [-0.25, -0.2) is 0 Å². The van der Waals surface area contributed by atoms with Gasteiger partial charge in [0.15, 0.2) is 0 Å². The normalized spacial score (nSPS) is 19.8. The monoisotopic (exact) mass is 168 g/mol. The first-order valence-electron chi connectivity index (χ1n) is 5.20. The van der Waals surface area contributed by atoms with Gasteiger partial charge in [0.1, 0.15) is 0 Å². The molecule has 0 bridgehead atoms. The highest BCUT2D eigenvalue weighted by atomic mass is 16.5. The second-order valence-electron chi connectivity index (χ2n) is 3.56. The second-order valence-corrected chi connectivity index (χ2v) is 3.56. The Morgan fingerprint density at radius 2 is 2.00 bits per heavy atom. The van der Waals surface area contributed by atoms with Crippen LogP contribution in [0.2, 0.25) is 0 Å². The van der Waals surface area contributed by atoms with Crippen molar-refractivity contribution in [3.63, 3.8) is 0 Å². The lowest BCUT2D eigenvalue weighted by Gasteiger charge is -2.21. The Balaban J connectivity index is 1.91. The summed E-state index contributed by atoms with van der Waals surface area (Å²) in [5.74, 6) is 0. The number of unbranched alkanes of at least 4 members (excludes halogenated alkanes) is 2. The largest absolute Gasteiger partial charge is 0.372 e. The molecule has 70 valence electrons. The summed E-state index contributed by atoms with van der Waals surface area (Å²) in [6.07, 6.45) is 10.4. The van der Waals surface area contributed by atoms with E-state index in [-0.39, 0.29) is 0 Å².